The topological polar surface area (TPSA) is 83.5 Å². The van der Waals surface area contributed by atoms with Gasteiger partial charge in [-0.2, -0.15) is 4.72 Å². The number of carboxylic acids is 1. The number of carbonyl (C=O) groups is 1. The van der Waals surface area contributed by atoms with Gasteiger partial charge in [0.2, 0.25) is 10.0 Å². The van der Waals surface area contributed by atoms with Gasteiger partial charge in [0.05, 0.1) is 4.90 Å². The lowest BCUT2D eigenvalue weighted by Crippen LogP contribution is -2.38. The number of rotatable bonds is 4. The molecular formula is C9H9F2NO4S. The fourth-order valence-electron chi connectivity index (χ4n) is 1.03. The van der Waals surface area contributed by atoms with E-state index in [4.69, 9.17) is 5.11 Å². The van der Waals surface area contributed by atoms with E-state index in [0.29, 0.717) is 18.2 Å². The summed E-state index contributed by atoms with van der Waals surface area (Å²) in [6.45, 7) is 1.09. The number of sulfonamides is 1. The van der Waals surface area contributed by atoms with Crippen molar-refractivity contribution in [3.8, 4) is 0 Å². The Morgan fingerprint density at radius 3 is 2.18 bits per heavy atom. The minimum absolute atomic E-state index is 0.514. The van der Waals surface area contributed by atoms with E-state index in [2.05, 4.69) is 0 Å². The summed E-state index contributed by atoms with van der Waals surface area (Å²) in [5, 5.41) is 8.53. The van der Waals surface area contributed by atoms with E-state index in [1.54, 1.807) is 4.72 Å². The summed E-state index contributed by atoms with van der Waals surface area (Å²) in [7, 11) is -4.26. The fourth-order valence-corrected chi connectivity index (χ4v) is 2.27. The van der Waals surface area contributed by atoms with Crippen molar-refractivity contribution in [3.63, 3.8) is 0 Å². The van der Waals surface area contributed by atoms with E-state index in [0.717, 1.165) is 6.92 Å². The fraction of sp³-hybridized carbons (Fsp3) is 0.222. The third-order valence-corrected chi connectivity index (χ3v) is 3.37. The SMILES string of the molecule is C[C@@H](NS(=O)(=O)c1cc(F)cc(F)c1)C(=O)O. The average Bonchev–Trinajstić information content (AvgIpc) is 2.15. The summed E-state index contributed by atoms with van der Waals surface area (Å²) >= 11 is 0. The number of hydrogen-bond acceptors (Lipinski definition) is 3. The predicted molar refractivity (Wildman–Crippen MR) is 53.8 cm³/mol. The molecule has 0 aliphatic heterocycles. The first-order valence-electron chi connectivity index (χ1n) is 4.43. The molecule has 5 nitrogen and oxygen atoms in total. The Morgan fingerprint density at radius 2 is 1.76 bits per heavy atom. The van der Waals surface area contributed by atoms with Gasteiger partial charge in [0, 0.05) is 6.07 Å². The van der Waals surface area contributed by atoms with Gasteiger partial charge in [-0.05, 0) is 19.1 Å². The van der Waals surface area contributed by atoms with Gasteiger partial charge in [-0.1, -0.05) is 0 Å². The molecule has 1 aromatic carbocycles. The first-order valence-corrected chi connectivity index (χ1v) is 5.92. The lowest BCUT2D eigenvalue weighted by Gasteiger charge is -2.10. The van der Waals surface area contributed by atoms with Crippen molar-refractivity contribution in [1.29, 1.82) is 0 Å². The van der Waals surface area contributed by atoms with Crippen LogP contribution in [0.1, 0.15) is 6.92 Å². The zero-order valence-corrected chi connectivity index (χ0v) is 9.46. The summed E-state index contributed by atoms with van der Waals surface area (Å²) < 4.78 is 50.5. The van der Waals surface area contributed by atoms with Crippen LogP contribution < -0.4 is 4.72 Å². The molecule has 0 unspecified atom stereocenters. The second-order valence-corrected chi connectivity index (χ2v) is 5.00. The molecule has 94 valence electrons. The maximum absolute atomic E-state index is 12.8. The molecule has 0 heterocycles. The van der Waals surface area contributed by atoms with Crippen LogP contribution in [0.3, 0.4) is 0 Å². The summed E-state index contributed by atoms with van der Waals surface area (Å²) in [4.78, 5) is 9.80. The van der Waals surface area contributed by atoms with E-state index < -0.39 is 38.6 Å². The number of aliphatic carboxylic acids is 1. The first-order chi connectivity index (χ1) is 7.72. The van der Waals surface area contributed by atoms with Gasteiger partial charge >= 0.3 is 5.97 Å². The molecule has 0 amide bonds. The molecule has 0 aliphatic rings. The lowest BCUT2D eigenvalue weighted by atomic mass is 10.3. The molecule has 0 aliphatic carbocycles. The van der Waals surface area contributed by atoms with Crippen LogP contribution in [0.25, 0.3) is 0 Å². The van der Waals surface area contributed by atoms with Crippen molar-refractivity contribution in [1.82, 2.24) is 4.72 Å². The second kappa shape index (κ2) is 4.76. The van der Waals surface area contributed by atoms with Crippen molar-refractivity contribution < 1.29 is 27.1 Å². The maximum Gasteiger partial charge on any atom is 0.321 e. The van der Waals surface area contributed by atoms with E-state index in [1.807, 2.05) is 0 Å². The maximum atomic E-state index is 12.8. The molecule has 0 spiro atoms. The molecule has 1 atom stereocenters. The standard InChI is InChI=1S/C9H9F2NO4S/c1-5(9(13)14)12-17(15,16)8-3-6(10)2-7(11)4-8/h2-5,12H,1H3,(H,13,14)/t5-/m1/s1. The molecular weight excluding hydrogens is 256 g/mol. The van der Waals surface area contributed by atoms with Gasteiger partial charge in [-0.3, -0.25) is 4.79 Å². The minimum Gasteiger partial charge on any atom is -0.480 e. The van der Waals surface area contributed by atoms with Crippen LogP contribution in [-0.2, 0) is 14.8 Å². The number of halogens is 2. The van der Waals surface area contributed by atoms with Crippen LogP contribution >= 0.6 is 0 Å². The van der Waals surface area contributed by atoms with Gasteiger partial charge < -0.3 is 5.11 Å². The number of hydrogen-bond donors (Lipinski definition) is 2. The molecule has 0 fully saturated rings. The Labute approximate surface area is 96.1 Å². The summed E-state index contributed by atoms with van der Waals surface area (Å²) in [6.07, 6.45) is 0. The Kier molecular flexibility index (Phi) is 3.79. The van der Waals surface area contributed by atoms with Gasteiger partial charge in [0.25, 0.3) is 0 Å². The van der Waals surface area contributed by atoms with Crippen molar-refractivity contribution in [3.05, 3.63) is 29.8 Å². The van der Waals surface area contributed by atoms with Crippen molar-refractivity contribution in [2.45, 2.75) is 17.9 Å². The van der Waals surface area contributed by atoms with Crippen LogP contribution in [0.2, 0.25) is 0 Å². The predicted octanol–water partition coefficient (Wildman–Crippen LogP) is 0.716. The highest BCUT2D eigenvalue weighted by atomic mass is 32.2. The van der Waals surface area contributed by atoms with Crippen LogP contribution in [0.4, 0.5) is 8.78 Å². The van der Waals surface area contributed by atoms with E-state index in [1.165, 1.54) is 0 Å². The lowest BCUT2D eigenvalue weighted by molar-refractivity contribution is -0.138. The van der Waals surface area contributed by atoms with Crippen molar-refractivity contribution in [2.24, 2.45) is 0 Å². The molecule has 0 saturated heterocycles. The van der Waals surface area contributed by atoms with Crippen molar-refractivity contribution in [2.75, 3.05) is 0 Å². The molecule has 0 aromatic heterocycles. The highest BCUT2D eigenvalue weighted by molar-refractivity contribution is 7.89. The van der Waals surface area contributed by atoms with E-state index in [-0.39, 0.29) is 0 Å². The van der Waals surface area contributed by atoms with Crippen LogP contribution in [-0.4, -0.2) is 25.5 Å². The quantitative estimate of drug-likeness (QED) is 0.840. The molecule has 17 heavy (non-hydrogen) atoms. The Morgan fingerprint density at radius 1 is 1.29 bits per heavy atom. The average molecular weight is 265 g/mol. The summed E-state index contributed by atoms with van der Waals surface area (Å²) in [5.41, 5.74) is 0. The van der Waals surface area contributed by atoms with E-state index in [9.17, 15) is 22.0 Å². The molecule has 1 rings (SSSR count). The summed E-state index contributed by atoms with van der Waals surface area (Å²) in [5.74, 6) is -3.52. The molecule has 0 bridgehead atoms. The zero-order chi connectivity index (χ0) is 13.2. The molecule has 0 radical (unpaired) electrons. The van der Waals surface area contributed by atoms with Gasteiger partial charge in [0.15, 0.2) is 0 Å². The number of carboxylic acid groups (broad SMARTS) is 1. The Balaban J connectivity index is 3.09. The normalized spacial score (nSPS) is 13.4. The third-order valence-electron chi connectivity index (χ3n) is 1.85. The van der Waals surface area contributed by atoms with Gasteiger partial charge in [0.1, 0.15) is 17.7 Å². The summed E-state index contributed by atoms with van der Waals surface area (Å²) in [6, 6.07) is 0.311. The third kappa shape index (κ3) is 3.46. The molecule has 2 N–H and O–H groups in total. The van der Waals surface area contributed by atoms with Crippen LogP contribution in [0.15, 0.2) is 23.1 Å². The van der Waals surface area contributed by atoms with Crippen molar-refractivity contribution >= 4 is 16.0 Å². The smallest absolute Gasteiger partial charge is 0.321 e. The minimum atomic E-state index is -4.26. The van der Waals surface area contributed by atoms with Gasteiger partial charge in [-0.15, -0.1) is 0 Å². The second-order valence-electron chi connectivity index (χ2n) is 3.29. The molecule has 0 saturated carbocycles. The largest absolute Gasteiger partial charge is 0.480 e. The first kappa shape index (κ1) is 13.5. The Bertz CT molecular complexity index is 524. The highest BCUT2D eigenvalue weighted by Crippen LogP contribution is 2.13. The zero-order valence-electron chi connectivity index (χ0n) is 8.65. The number of nitrogens with one attached hydrogen (secondary N) is 1. The van der Waals surface area contributed by atoms with Gasteiger partial charge in [-0.25, -0.2) is 17.2 Å². The Hall–Kier alpha value is -1.54. The van der Waals surface area contributed by atoms with E-state index >= 15 is 0 Å². The van der Waals surface area contributed by atoms with Crippen LogP contribution in [0.5, 0.6) is 0 Å². The number of benzene rings is 1. The monoisotopic (exact) mass is 265 g/mol. The molecule has 8 heteroatoms. The highest BCUT2D eigenvalue weighted by Gasteiger charge is 2.22. The molecule has 1 aromatic rings. The van der Waals surface area contributed by atoms with Crippen LogP contribution in [0, 0.1) is 11.6 Å².